The Morgan fingerprint density at radius 3 is 2.06 bits per heavy atom. The number of nitrogens with zero attached hydrogens (tertiary/aromatic N) is 1. The number of carbonyl (C=O) groups excluding carboxylic acids is 1. The Hall–Kier alpha value is -2.91. The van der Waals surface area contributed by atoms with Crippen molar-refractivity contribution in [2.75, 3.05) is 0 Å². The standard InChI is InChI=1S/C30H37NO2/c1-7-29(32)33-30(26-14-9-8-10-15-26)25(6)31(19-27-16-12-11-13-22(27)3)20-28-23(4)17-21(2)18-24(28)5/h8-18,25,30H,7,19-20H2,1-6H3/t25-,30-/m0/s1. The maximum Gasteiger partial charge on any atom is 0.306 e. The molecule has 3 aromatic carbocycles. The van der Waals surface area contributed by atoms with E-state index in [1.54, 1.807) is 0 Å². The second kappa shape index (κ2) is 11.3. The lowest BCUT2D eigenvalue weighted by Crippen LogP contribution is -2.39. The van der Waals surface area contributed by atoms with Crippen molar-refractivity contribution in [2.24, 2.45) is 0 Å². The van der Waals surface area contributed by atoms with Crippen LogP contribution in [0, 0.1) is 27.7 Å². The molecule has 0 N–H and O–H groups in total. The van der Waals surface area contributed by atoms with Gasteiger partial charge in [0.15, 0.2) is 0 Å². The van der Waals surface area contributed by atoms with Gasteiger partial charge in [0.25, 0.3) is 0 Å². The molecule has 0 fully saturated rings. The summed E-state index contributed by atoms with van der Waals surface area (Å²) >= 11 is 0. The average molecular weight is 444 g/mol. The molecule has 0 spiro atoms. The molecule has 0 aliphatic heterocycles. The molecule has 0 saturated heterocycles. The first kappa shape index (κ1) is 24.7. The van der Waals surface area contributed by atoms with Crippen LogP contribution in [0.1, 0.15) is 65.3 Å². The lowest BCUT2D eigenvalue weighted by atomic mass is 9.96. The van der Waals surface area contributed by atoms with Gasteiger partial charge < -0.3 is 4.74 Å². The summed E-state index contributed by atoms with van der Waals surface area (Å²) in [6.07, 6.45) is 0.0260. The molecule has 0 aliphatic carbocycles. The summed E-state index contributed by atoms with van der Waals surface area (Å²) in [4.78, 5) is 14.9. The summed E-state index contributed by atoms with van der Waals surface area (Å²) < 4.78 is 6.03. The fourth-order valence-electron chi connectivity index (χ4n) is 4.52. The van der Waals surface area contributed by atoms with Crippen molar-refractivity contribution in [3.8, 4) is 0 Å². The number of esters is 1. The van der Waals surface area contributed by atoms with Crippen molar-refractivity contribution in [1.82, 2.24) is 4.90 Å². The first-order chi connectivity index (χ1) is 15.8. The number of hydrogen-bond acceptors (Lipinski definition) is 3. The lowest BCUT2D eigenvalue weighted by molar-refractivity contribution is -0.153. The van der Waals surface area contributed by atoms with E-state index in [1.165, 1.54) is 33.4 Å². The highest BCUT2D eigenvalue weighted by molar-refractivity contribution is 5.69. The SMILES string of the molecule is CCC(=O)O[C@H](c1ccccc1)[C@H](C)N(Cc1ccccc1C)Cc1c(C)cc(C)cc1C. The van der Waals surface area contributed by atoms with Gasteiger partial charge in [-0.1, -0.05) is 79.2 Å². The van der Waals surface area contributed by atoms with E-state index in [4.69, 9.17) is 4.74 Å². The van der Waals surface area contributed by atoms with E-state index < -0.39 is 0 Å². The molecule has 0 radical (unpaired) electrons. The molecule has 0 heterocycles. The molecule has 0 aliphatic rings. The third kappa shape index (κ3) is 6.33. The number of carbonyl (C=O) groups is 1. The quantitative estimate of drug-likeness (QED) is 0.333. The van der Waals surface area contributed by atoms with Gasteiger partial charge in [0.05, 0.1) is 0 Å². The topological polar surface area (TPSA) is 29.5 Å². The Kier molecular flexibility index (Phi) is 8.46. The van der Waals surface area contributed by atoms with Crippen LogP contribution in [0.25, 0.3) is 0 Å². The van der Waals surface area contributed by atoms with Crippen molar-refractivity contribution in [1.29, 1.82) is 0 Å². The monoisotopic (exact) mass is 443 g/mol. The molecule has 3 heteroatoms. The van der Waals surface area contributed by atoms with Crippen molar-refractivity contribution < 1.29 is 9.53 Å². The molecule has 0 aromatic heterocycles. The highest BCUT2D eigenvalue weighted by atomic mass is 16.5. The van der Waals surface area contributed by atoms with Crippen LogP contribution in [0.3, 0.4) is 0 Å². The first-order valence-electron chi connectivity index (χ1n) is 11.9. The smallest absolute Gasteiger partial charge is 0.306 e. The van der Waals surface area contributed by atoms with E-state index in [9.17, 15) is 4.79 Å². The molecular weight excluding hydrogens is 406 g/mol. The maximum atomic E-state index is 12.4. The van der Waals surface area contributed by atoms with Crippen LogP contribution in [0.2, 0.25) is 0 Å². The average Bonchev–Trinajstić information content (AvgIpc) is 2.80. The van der Waals surface area contributed by atoms with Gasteiger partial charge in [-0.15, -0.1) is 0 Å². The van der Waals surface area contributed by atoms with Crippen LogP contribution < -0.4 is 0 Å². The highest BCUT2D eigenvalue weighted by Crippen LogP contribution is 2.30. The Bertz CT molecular complexity index is 1050. The maximum absolute atomic E-state index is 12.4. The second-order valence-corrected chi connectivity index (χ2v) is 9.12. The fraction of sp³-hybridized carbons (Fsp3) is 0.367. The van der Waals surface area contributed by atoms with E-state index in [0.717, 1.165) is 18.7 Å². The van der Waals surface area contributed by atoms with Crippen LogP contribution >= 0.6 is 0 Å². The summed E-state index contributed by atoms with van der Waals surface area (Å²) in [6.45, 7) is 14.3. The Morgan fingerprint density at radius 1 is 0.848 bits per heavy atom. The Labute approximate surface area is 199 Å². The second-order valence-electron chi connectivity index (χ2n) is 9.12. The normalized spacial score (nSPS) is 13.1. The van der Waals surface area contributed by atoms with Gasteiger partial charge in [0, 0.05) is 25.6 Å². The van der Waals surface area contributed by atoms with Crippen LogP contribution in [-0.4, -0.2) is 16.9 Å². The van der Waals surface area contributed by atoms with Gasteiger partial charge >= 0.3 is 5.97 Å². The zero-order valence-electron chi connectivity index (χ0n) is 20.9. The third-order valence-electron chi connectivity index (χ3n) is 6.53. The molecule has 0 unspecified atom stereocenters. The van der Waals surface area contributed by atoms with Crippen molar-refractivity contribution in [2.45, 2.75) is 73.2 Å². The van der Waals surface area contributed by atoms with Crippen molar-refractivity contribution in [3.05, 3.63) is 106 Å². The third-order valence-corrected chi connectivity index (χ3v) is 6.53. The minimum Gasteiger partial charge on any atom is -0.456 e. The van der Waals surface area contributed by atoms with E-state index in [2.05, 4.69) is 88.0 Å². The van der Waals surface area contributed by atoms with E-state index >= 15 is 0 Å². The first-order valence-corrected chi connectivity index (χ1v) is 11.9. The molecule has 3 nitrogen and oxygen atoms in total. The van der Waals surface area contributed by atoms with Crippen LogP contribution in [0.5, 0.6) is 0 Å². The van der Waals surface area contributed by atoms with E-state index in [-0.39, 0.29) is 18.1 Å². The van der Waals surface area contributed by atoms with E-state index in [0.29, 0.717) is 6.42 Å². The summed E-state index contributed by atoms with van der Waals surface area (Å²) in [5, 5.41) is 0. The molecular formula is C30H37NO2. The molecule has 3 rings (SSSR count). The molecule has 174 valence electrons. The van der Waals surface area contributed by atoms with Crippen LogP contribution in [0.15, 0.2) is 66.7 Å². The Morgan fingerprint density at radius 2 is 1.45 bits per heavy atom. The summed E-state index contributed by atoms with van der Waals surface area (Å²) in [7, 11) is 0. The van der Waals surface area contributed by atoms with Crippen molar-refractivity contribution in [3.63, 3.8) is 0 Å². The minimum atomic E-state index is -0.339. The van der Waals surface area contributed by atoms with Gasteiger partial charge in [0.2, 0.25) is 0 Å². The molecule has 3 aromatic rings. The molecule has 2 atom stereocenters. The molecule has 33 heavy (non-hydrogen) atoms. The number of aryl methyl sites for hydroxylation is 4. The van der Waals surface area contributed by atoms with Crippen molar-refractivity contribution >= 4 is 5.97 Å². The summed E-state index contributed by atoms with van der Waals surface area (Å²) in [5.41, 5.74) is 8.82. The largest absolute Gasteiger partial charge is 0.456 e. The van der Waals surface area contributed by atoms with Gasteiger partial charge in [-0.2, -0.15) is 0 Å². The lowest BCUT2D eigenvalue weighted by Gasteiger charge is -2.36. The highest BCUT2D eigenvalue weighted by Gasteiger charge is 2.29. The number of ether oxygens (including phenoxy) is 1. The van der Waals surface area contributed by atoms with Crippen LogP contribution in [0.4, 0.5) is 0 Å². The fourth-order valence-corrected chi connectivity index (χ4v) is 4.52. The predicted octanol–water partition coefficient (Wildman–Crippen LogP) is 7.01. The number of benzene rings is 3. The molecule has 0 bridgehead atoms. The minimum absolute atomic E-state index is 0.0115. The summed E-state index contributed by atoms with van der Waals surface area (Å²) in [5.74, 6) is -0.172. The Balaban J connectivity index is 2.02. The van der Waals surface area contributed by atoms with Gasteiger partial charge in [-0.05, 0) is 68.0 Å². The van der Waals surface area contributed by atoms with Crippen LogP contribution in [-0.2, 0) is 22.6 Å². The zero-order valence-corrected chi connectivity index (χ0v) is 20.9. The van der Waals surface area contributed by atoms with Gasteiger partial charge in [0.1, 0.15) is 6.10 Å². The molecule has 0 saturated carbocycles. The van der Waals surface area contributed by atoms with Gasteiger partial charge in [-0.3, -0.25) is 9.69 Å². The van der Waals surface area contributed by atoms with E-state index in [1.807, 2.05) is 25.1 Å². The predicted molar refractivity (Wildman–Crippen MR) is 136 cm³/mol. The zero-order chi connectivity index (χ0) is 24.0. The summed E-state index contributed by atoms with van der Waals surface area (Å²) in [6, 6.07) is 23.1. The van der Waals surface area contributed by atoms with Gasteiger partial charge in [-0.25, -0.2) is 0 Å². The molecule has 0 amide bonds. The number of rotatable bonds is 9. The number of hydrogen-bond donors (Lipinski definition) is 0.